The summed E-state index contributed by atoms with van der Waals surface area (Å²) in [6.07, 6.45) is 0. The van der Waals surface area contributed by atoms with Crippen LogP contribution < -0.4 is 0 Å². The van der Waals surface area contributed by atoms with Crippen LogP contribution in [0, 0.1) is 0 Å². The molecule has 0 atom stereocenters. The molecule has 4 nitrogen and oxygen atoms in total. The van der Waals surface area contributed by atoms with Crippen molar-refractivity contribution in [3.63, 3.8) is 0 Å². The predicted molar refractivity (Wildman–Crippen MR) is 6.07 cm³/mol. The number of rotatable bonds is 2. The molecule has 0 amide bonds. The van der Waals surface area contributed by atoms with Gasteiger partial charge in [0.25, 0.3) is 0 Å². The van der Waals surface area contributed by atoms with E-state index in [1.165, 1.54) is 0 Å². The van der Waals surface area contributed by atoms with Crippen molar-refractivity contribution in [3.8, 4) is 0 Å². The van der Waals surface area contributed by atoms with E-state index >= 15 is 0 Å². The van der Waals surface area contributed by atoms with Gasteiger partial charge in [-0.25, -0.2) is 0 Å². The van der Waals surface area contributed by atoms with E-state index in [1.54, 1.807) is 0 Å². The van der Waals surface area contributed by atoms with Crippen molar-refractivity contribution >= 4 is 0 Å². The summed E-state index contributed by atoms with van der Waals surface area (Å²) in [6.45, 7) is 0. The number of hydrogen-bond acceptors (Lipinski definition) is 3. The molecule has 0 fully saturated rings. The summed E-state index contributed by atoms with van der Waals surface area (Å²) >= 11 is -3.81. The van der Waals surface area contributed by atoms with E-state index in [0.717, 1.165) is 0 Å². The average Bonchev–Trinajstić information content (AvgIpc) is 1.41. The van der Waals surface area contributed by atoms with E-state index in [1.807, 2.05) is 0 Å². The van der Waals surface area contributed by atoms with E-state index < -0.39 is 59.5 Å². The molecule has 0 rings (SSSR count). The fourth-order valence-corrected chi connectivity index (χ4v) is 0.794. The fraction of sp³-hybridized carbons (Fsp3) is 0. The molecular formula is H2O4Y2. The summed E-state index contributed by atoms with van der Waals surface area (Å²) in [7, 11) is 0. The Bertz CT molecular complexity index is 34.8. The zero-order chi connectivity index (χ0) is 4.12. The van der Waals surface area contributed by atoms with Crippen LogP contribution in [0.25, 0.3) is 0 Å². The van der Waals surface area contributed by atoms with Crippen molar-refractivity contribution in [2.45, 2.75) is 0 Å². The first-order valence-electron chi connectivity index (χ1n) is 0.943. The predicted octanol–water partition coefficient (Wildman–Crippen LogP) is -1.14. The van der Waals surface area contributed by atoms with Gasteiger partial charge in [0, 0.05) is 0 Å². The molecule has 32 valence electrons. The Hall–Kier alpha value is 1.73. The van der Waals surface area contributed by atoms with Crippen molar-refractivity contribution < 1.29 is 68.5 Å². The molecule has 0 aromatic heterocycles. The second-order valence-electron chi connectivity index (χ2n) is 0.329. The van der Waals surface area contributed by atoms with E-state index in [-0.39, 0.29) is 5.48 Å². The SMILES string of the molecule is O.[O]=[Y][O][Y]=[O]. The standard InChI is InChI=1S/H2O.3O.2Y/h1H2;;;;;. The van der Waals surface area contributed by atoms with Crippen molar-refractivity contribution in [3.05, 3.63) is 0 Å². The molecule has 0 aromatic carbocycles. The molecule has 0 saturated heterocycles. The van der Waals surface area contributed by atoms with Gasteiger partial charge in [-0.05, 0) is 0 Å². The molecule has 2 N–H and O–H groups in total. The molecule has 0 heterocycles. The molecule has 6 heteroatoms. The molecule has 0 radical (unpaired) electrons. The molecular weight excluding hydrogens is 242 g/mol. The molecule has 0 bridgehead atoms. The van der Waals surface area contributed by atoms with E-state index in [0.29, 0.717) is 0 Å². The first kappa shape index (κ1) is 10.7. The first-order chi connectivity index (χ1) is 2.41. The molecule has 0 aliphatic heterocycles. The van der Waals surface area contributed by atoms with Crippen LogP contribution in [0.1, 0.15) is 0 Å². The molecule has 0 aromatic rings. The Balaban J connectivity index is 0. The van der Waals surface area contributed by atoms with Gasteiger partial charge in [-0.3, -0.25) is 0 Å². The van der Waals surface area contributed by atoms with Crippen LogP contribution in [0.5, 0.6) is 0 Å². The molecule has 6 heavy (non-hydrogen) atoms. The van der Waals surface area contributed by atoms with Crippen molar-refractivity contribution in [1.29, 1.82) is 0 Å². The summed E-state index contributed by atoms with van der Waals surface area (Å²) in [5.41, 5.74) is 0. The molecule has 0 saturated carbocycles. The Kier molecular flexibility index (Phi) is 17.5. The summed E-state index contributed by atoms with van der Waals surface area (Å²) < 4.78 is 22.8. The third-order valence-electron chi connectivity index (χ3n) is 0.111. The van der Waals surface area contributed by atoms with Gasteiger partial charge in [0.05, 0.1) is 0 Å². The van der Waals surface area contributed by atoms with Gasteiger partial charge in [0.2, 0.25) is 0 Å². The first-order valence-corrected chi connectivity index (χ1v) is 5.58. The topological polar surface area (TPSA) is 74.9 Å². The Labute approximate surface area is 67.2 Å². The Morgan fingerprint density at radius 2 is 1.50 bits per heavy atom. The Morgan fingerprint density at radius 1 is 1.17 bits per heavy atom. The van der Waals surface area contributed by atoms with E-state index in [2.05, 4.69) is -0.634 Å². The zero-order valence-electron chi connectivity index (χ0n) is 2.88. The van der Waals surface area contributed by atoms with Crippen LogP contribution in [0.3, 0.4) is 0 Å². The third-order valence-corrected chi connectivity index (χ3v) is 3.89. The average molecular weight is 244 g/mol. The second-order valence-corrected chi connectivity index (χ2v) is 5.90. The summed E-state index contributed by atoms with van der Waals surface area (Å²) in [5.74, 6) is 0. The zero-order valence-corrected chi connectivity index (χ0v) is 8.56. The van der Waals surface area contributed by atoms with Crippen LogP contribution in [0.4, 0.5) is 0 Å². The van der Waals surface area contributed by atoms with E-state index in [9.17, 15) is 4.09 Å². The van der Waals surface area contributed by atoms with Crippen LogP contribution in [0.15, 0.2) is 0 Å². The monoisotopic (exact) mass is 244 g/mol. The summed E-state index contributed by atoms with van der Waals surface area (Å²) in [6, 6.07) is 0. The second kappa shape index (κ2) is 9.87. The molecule has 0 aliphatic carbocycles. The Morgan fingerprint density at radius 3 is 1.50 bits per heavy atom. The van der Waals surface area contributed by atoms with E-state index in [4.69, 9.17) is 0 Å². The van der Waals surface area contributed by atoms with Crippen LogP contribution >= 0.6 is 0 Å². The third kappa shape index (κ3) is 9.21. The van der Waals surface area contributed by atoms with Crippen molar-refractivity contribution in [2.75, 3.05) is 0 Å². The van der Waals surface area contributed by atoms with Crippen LogP contribution in [-0.2, 0) is 63.0 Å². The van der Waals surface area contributed by atoms with Gasteiger partial charge in [0.15, 0.2) is 0 Å². The van der Waals surface area contributed by atoms with Crippen LogP contribution in [-0.4, -0.2) is 5.48 Å². The van der Waals surface area contributed by atoms with Gasteiger partial charge in [-0.15, -0.1) is 0 Å². The molecule has 0 aliphatic rings. The van der Waals surface area contributed by atoms with Gasteiger partial charge in [-0.2, -0.15) is 0 Å². The summed E-state index contributed by atoms with van der Waals surface area (Å²) in [4.78, 5) is 0. The quantitative estimate of drug-likeness (QED) is 0.616. The van der Waals surface area contributed by atoms with Crippen molar-refractivity contribution in [1.82, 2.24) is 0 Å². The van der Waals surface area contributed by atoms with Crippen LogP contribution in [0.2, 0.25) is 0 Å². The van der Waals surface area contributed by atoms with Gasteiger partial charge in [0.1, 0.15) is 0 Å². The number of hydrogen-bond donors (Lipinski definition) is 0. The minimum absolute atomic E-state index is 0. The maximum atomic E-state index is 9.35. The van der Waals surface area contributed by atoms with Gasteiger partial charge < -0.3 is 5.48 Å². The molecule has 0 spiro atoms. The fourth-order valence-electron chi connectivity index (χ4n) is 0.0227. The van der Waals surface area contributed by atoms with Crippen molar-refractivity contribution in [2.24, 2.45) is 0 Å². The maximum absolute atomic E-state index is 9.35. The van der Waals surface area contributed by atoms with Gasteiger partial charge in [-0.1, -0.05) is 0 Å². The molecule has 0 unspecified atom stereocenters. The van der Waals surface area contributed by atoms with Gasteiger partial charge >= 0.3 is 63.0 Å². The summed E-state index contributed by atoms with van der Waals surface area (Å²) in [5, 5.41) is 0. The normalized spacial score (nSPS) is 4.00. The minimum atomic E-state index is -1.91.